The van der Waals surface area contributed by atoms with Crippen molar-refractivity contribution >= 4 is 52.3 Å². The summed E-state index contributed by atoms with van der Waals surface area (Å²) in [5.41, 5.74) is 5.16. The number of aromatic nitrogens is 3. The molecule has 1 saturated heterocycles. The number of pyridine rings is 2. The lowest BCUT2D eigenvalue weighted by Gasteiger charge is -2.18. The van der Waals surface area contributed by atoms with Gasteiger partial charge in [0.15, 0.2) is 5.65 Å². The molecule has 43 heavy (non-hydrogen) atoms. The number of carbonyl (C=O) groups excluding carboxylic acids is 3. The maximum atomic E-state index is 13.3. The molecule has 3 aromatic heterocycles. The standard InChI is InChI=1S/C32H30ClN7O3/c33-21-3-1-2-19(10-21)25-13-26(25)31(42)37-28-12-22(8-9-34-28)35-14-23-16-38-15-20(18-4-5-18)11-27(30(38)36-23)39-17-29(41)40(32(39)43)24-6-7-24/h1-3,8-12,15-16,18,24-26H,4-7,13-14,17H2,(H2,34,35,37,42)/t25-,26+/m1/s1. The topological polar surface area (TPSA) is 112 Å². The number of carbonyl (C=O) groups is 3. The molecule has 4 fully saturated rings. The quantitative estimate of drug-likeness (QED) is 0.246. The molecule has 2 N–H and O–H groups in total. The van der Waals surface area contributed by atoms with Gasteiger partial charge in [-0.25, -0.2) is 14.8 Å². The molecule has 0 bridgehead atoms. The number of imide groups is 1. The van der Waals surface area contributed by atoms with Crippen molar-refractivity contribution in [3.05, 3.63) is 82.9 Å². The van der Waals surface area contributed by atoms with Gasteiger partial charge in [-0.15, -0.1) is 0 Å². The summed E-state index contributed by atoms with van der Waals surface area (Å²) in [6, 6.07) is 13.1. The minimum Gasteiger partial charge on any atom is -0.379 e. The Hall–Kier alpha value is -4.44. The van der Waals surface area contributed by atoms with Gasteiger partial charge in [0.1, 0.15) is 12.4 Å². The van der Waals surface area contributed by atoms with Crippen LogP contribution in [0.15, 0.2) is 61.1 Å². The largest absolute Gasteiger partial charge is 0.379 e. The lowest BCUT2D eigenvalue weighted by molar-refractivity contribution is -0.125. The number of rotatable bonds is 9. The van der Waals surface area contributed by atoms with Crippen molar-refractivity contribution in [1.29, 1.82) is 0 Å². The first-order valence-electron chi connectivity index (χ1n) is 14.8. The summed E-state index contributed by atoms with van der Waals surface area (Å²) >= 11 is 6.12. The van der Waals surface area contributed by atoms with Crippen molar-refractivity contribution in [2.75, 3.05) is 22.1 Å². The summed E-state index contributed by atoms with van der Waals surface area (Å²) in [6.45, 7) is 0.476. The van der Waals surface area contributed by atoms with Crippen LogP contribution in [-0.4, -0.2) is 49.7 Å². The fraction of sp³-hybridized carbons (Fsp3) is 0.344. The van der Waals surface area contributed by atoms with Crippen LogP contribution < -0.4 is 15.5 Å². The number of urea groups is 1. The van der Waals surface area contributed by atoms with Crippen LogP contribution in [0.25, 0.3) is 5.65 Å². The lowest BCUT2D eigenvalue weighted by Crippen LogP contribution is -2.34. The molecular weight excluding hydrogens is 566 g/mol. The molecular formula is C32H30ClN7O3. The smallest absolute Gasteiger partial charge is 0.332 e. The zero-order valence-electron chi connectivity index (χ0n) is 23.4. The second-order valence-corrected chi connectivity index (χ2v) is 12.5. The molecule has 3 aliphatic carbocycles. The molecule has 1 aliphatic heterocycles. The fourth-order valence-corrected chi connectivity index (χ4v) is 6.28. The average Bonchev–Trinajstić information content (AvgIpc) is 3.88. The number of nitrogens with zero attached hydrogens (tertiary/aromatic N) is 5. The lowest BCUT2D eigenvalue weighted by atomic mass is 10.1. The van der Waals surface area contributed by atoms with Gasteiger partial charge in [-0.2, -0.15) is 0 Å². The number of hydrogen-bond acceptors (Lipinski definition) is 6. The molecule has 4 amide bonds. The van der Waals surface area contributed by atoms with Gasteiger partial charge < -0.3 is 15.0 Å². The van der Waals surface area contributed by atoms with Gasteiger partial charge in [0.2, 0.25) is 5.91 Å². The Morgan fingerprint density at radius 3 is 2.67 bits per heavy atom. The molecule has 0 radical (unpaired) electrons. The van der Waals surface area contributed by atoms with Gasteiger partial charge >= 0.3 is 6.03 Å². The Morgan fingerprint density at radius 2 is 1.88 bits per heavy atom. The second kappa shape index (κ2) is 10.1. The minimum absolute atomic E-state index is 0.0378. The third-order valence-electron chi connectivity index (χ3n) is 8.74. The second-order valence-electron chi connectivity index (χ2n) is 12.0. The molecule has 11 heteroatoms. The van der Waals surface area contributed by atoms with Crippen molar-refractivity contribution in [3.63, 3.8) is 0 Å². The van der Waals surface area contributed by atoms with E-state index >= 15 is 0 Å². The van der Waals surface area contributed by atoms with Crippen LogP contribution in [0.5, 0.6) is 0 Å². The number of nitrogens with one attached hydrogen (secondary N) is 2. The average molecular weight is 596 g/mol. The Labute approximate surface area is 253 Å². The maximum absolute atomic E-state index is 13.3. The van der Waals surface area contributed by atoms with Crippen molar-refractivity contribution in [2.45, 2.75) is 56.5 Å². The molecule has 8 rings (SSSR count). The van der Waals surface area contributed by atoms with E-state index in [1.54, 1.807) is 11.1 Å². The monoisotopic (exact) mass is 595 g/mol. The molecule has 0 spiro atoms. The van der Waals surface area contributed by atoms with E-state index in [-0.39, 0.29) is 42.3 Å². The van der Waals surface area contributed by atoms with E-state index in [1.165, 1.54) is 4.90 Å². The Bertz CT molecular complexity index is 1800. The van der Waals surface area contributed by atoms with Crippen LogP contribution in [0.4, 0.5) is 22.0 Å². The fourth-order valence-electron chi connectivity index (χ4n) is 6.08. The van der Waals surface area contributed by atoms with Crippen LogP contribution in [0.1, 0.15) is 60.8 Å². The van der Waals surface area contributed by atoms with E-state index in [0.29, 0.717) is 34.6 Å². The number of hydrogen-bond donors (Lipinski definition) is 2. The van der Waals surface area contributed by atoms with Crippen molar-refractivity contribution in [3.8, 4) is 0 Å². The van der Waals surface area contributed by atoms with Crippen LogP contribution in [0.3, 0.4) is 0 Å². The number of anilines is 3. The van der Waals surface area contributed by atoms with E-state index in [2.05, 4.69) is 21.8 Å². The zero-order valence-corrected chi connectivity index (χ0v) is 24.1. The number of imidazole rings is 1. The first-order valence-corrected chi connectivity index (χ1v) is 15.2. The summed E-state index contributed by atoms with van der Waals surface area (Å²) in [6.07, 6.45) is 10.5. The van der Waals surface area contributed by atoms with Crippen LogP contribution in [-0.2, 0) is 16.1 Å². The Kier molecular flexibility index (Phi) is 6.15. The van der Waals surface area contributed by atoms with Gasteiger partial charge in [-0.3, -0.25) is 19.4 Å². The molecule has 1 aromatic carbocycles. The highest BCUT2D eigenvalue weighted by Gasteiger charge is 2.46. The van der Waals surface area contributed by atoms with Crippen LogP contribution in [0.2, 0.25) is 5.02 Å². The Morgan fingerprint density at radius 1 is 1.02 bits per heavy atom. The first kappa shape index (κ1) is 26.2. The van der Waals surface area contributed by atoms with E-state index < -0.39 is 0 Å². The highest BCUT2D eigenvalue weighted by atomic mass is 35.5. The minimum atomic E-state index is -0.249. The molecule has 4 aliphatic rings. The van der Waals surface area contributed by atoms with Crippen LogP contribution >= 0.6 is 11.6 Å². The van der Waals surface area contributed by atoms with E-state index in [9.17, 15) is 14.4 Å². The SMILES string of the molecule is O=C(Nc1cc(NCc2cn3cc(C4CC4)cc(N4CC(=O)N(C5CC5)C4=O)c3n2)ccn1)[C@H]1C[C@@H]1c1cccc(Cl)c1. The normalized spacial score (nSPS) is 21.5. The van der Waals surface area contributed by atoms with E-state index in [1.807, 2.05) is 53.1 Å². The van der Waals surface area contributed by atoms with E-state index in [0.717, 1.165) is 54.6 Å². The summed E-state index contributed by atoms with van der Waals surface area (Å²) in [7, 11) is 0. The summed E-state index contributed by atoms with van der Waals surface area (Å²) in [4.78, 5) is 51.0. The molecule has 0 unspecified atom stereocenters. The summed E-state index contributed by atoms with van der Waals surface area (Å²) in [5, 5.41) is 7.01. The van der Waals surface area contributed by atoms with Gasteiger partial charge in [-0.1, -0.05) is 23.7 Å². The maximum Gasteiger partial charge on any atom is 0.332 e. The molecule has 10 nitrogen and oxygen atoms in total. The summed E-state index contributed by atoms with van der Waals surface area (Å²) < 4.78 is 1.97. The summed E-state index contributed by atoms with van der Waals surface area (Å²) in [5.74, 6) is 0.838. The number of halogens is 1. The predicted molar refractivity (Wildman–Crippen MR) is 162 cm³/mol. The van der Waals surface area contributed by atoms with E-state index in [4.69, 9.17) is 16.6 Å². The van der Waals surface area contributed by atoms with Crippen molar-refractivity contribution < 1.29 is 14.4 Å². The van der Waals surface area contributed by atoms with Crippen molar-refractivity contribution in [2.24, 2.45) is 5.92 Å². The van der Waals surface area contributed by atoms with Crippen LogP contribution in [0, 0.1) is 5.92 Å². The number of amides is 4. The third kappa shape index (κ3) is 5.09. The van der Waals surface area contributed by atoms with Gasteiger partial charge in [0, 0.05) is 47.3 Å². The molecule has 4 aromatic rings. The van der Waals surface area contributed by atoms with Crippen molar-refractivity contribution in [1.82, 2.24) is 19.3 Å². The third-order valence-corrected chi connectivity index (χ3v) is 8.98. The highest BCUT2D eigenvalue weighted by Crippen LogP contribution is 2.48. The molecule has 3 saturated carbocycles. The number of fused-ring (bicyclic) bond motifs is 1. The predicted octanol–water partition coefficient (Wildman–Crippen LogP) is 5.55. The zero-order chi connectivity index (χ0) is 29.2. The molecule has 218 valence electrons. The van der Waals surface area contributed by atoms with Gasteiger partial charge in [0.25, 0.3) is 5.91 Å². The Balaban J connectivity index is 0.972. The highest BCUT2D eigenvalue weighted by molar-refractivity contribution is 6.30. The molecule has 2 atom stereocenters. The van der Waals surface area contributed by atoms with Gasteiger partial charge in [-0.05, 0) is 79.3 Å². The first-order chi connectivity index (χ1) is 20.9. The molecule has 4 heterocycles. The van der Waals surface area contributed by atoms with Gasteiger partial charge in [0.05, 0.1) is 17.9 Å². The number of benzene rings is 1.